The molecule has 3 aromatic rings. The van der Waals surface area contributed by atoms with Crippen LogP contribution in [0.4, 0.5) is 4.39 Å². The zero-order chi connectivity index (χ0) is 18.6. The van der Waals surface area contributed by atoms with Crippen molar-refractivity contribution in [2.24, 2.45) is 0 Å². The molecule has 0 bridgehead atoms. The summed E-state index contributed by atoms with van der Waals surface area (Å²) in [6.45, 7) is 0. The van der Waals surface area contributed by atoms with Crippen LogP contribution in [0.2, 0.25) is 0 Å². The average Bonchev–Trinajstić information content (AvgIpc) is 2.72. The number of hydrogen-bond acceptors (Lipinski definition) is 3. The molecule has 0 spiro atoms. The number of hydrogen-bond donors (Lipinski definition) is 0. The molecule has 1 aromatic heterocycles. The number of thioether (sulfide) groups is 1. The lowest BCUT2D eigenvalue weighted by molar-refractivity contribution is 0.617. The maximum atomic E-state index is 14.0. The van der Waals surface area contributed by atoms with Crippen molar-refractivity contribution in [3.05, 3.63) is 82.8 Å². The predicted molar refractivity (Wildman–Crippen MR) is 107 cm³/mol. The summed E-state index contributed by atoms with van der Waals surface area (Å²) in [6.07, 6.45) is 4.15. The van der Waals surface area contributed by atoms with Gasteiger partial charge in [0.2, 0.25) is 0 Å². The highest BCUT2D eigenvalue weighted by molar-refractivity contribution is 7.98. The highest BCUT2D eigenvalue weighted by atomic mass is 32.2. The zero-order valence-electron chi connectivity index (χ0n) is 14.9. The van der Waals surface area contributed by atoms with Crippen LogP contribution in [0.25, 0.3) is 11.1 Å². The summed E-state index contributed by atoms with van der Waals surface area (Å²) < 4.78 is 14.0. The smallest absolute Gasteiger partial charge is 0.127 e. The van der Waals surface area contributed by atoms with Crippen molar-refractivity contribution in [2.75, 3.05) is 0 Å². The molecule has 4 rings (SSSR count). The number of pyridine rings is 1. The first kappa shape index (κ1) is 17.8. The molecular weight excluding hydrogens is 355 g/mol. The molecule has 0 radical (unpaired) electrons. The van der Waals surface area contributed by atoms with Crippen molar-refractivity contribution in [3.8, 4) is 17.2 Å². The quantitative estimate of drug-likeness (QED) is 0.531. The molecule has 0 N–H and O–H groups in total. The van der Waals surface area contributed by atoms with Gasteiger partial charge in [0.05, 0.1) is 5.56 Å². The molecule has 2 nitrogen and oxygen atoms in total. The third-order valence-electron chi connectivity index (χ3n) is 4.94. The summed E-state index contributed by atoms with van der Waals surface area (Å²) in [7, 11) is 0. The van der Waals surface area contributed by atoms with E-state index in [0.29, 0.717) is 21.9 Å². The van der Waals surface area contributed by atoms with Crippen LogP contribution in [0, 0.1) is 17.1 Å². The Morgan fingerprint density at radius 3 is 2.52 bits per heavy atom. The Morgan fingerprint density at radius 2 is 1.74 bits per heavy atom. The number of halogens is 1. The Hall–Kier alpha value is -2.64. The number of aromatic nitrogens is 1. The fourth-order valence-corrected chi connectivity index (χ4v) is 4.60. The summed E-state index contributed by atoms with van der Waals surface area (Å²) in [6, 6.07) is 19.2. The monoisotopic (exact) mass is 374 g/mol. The maximum absolute atomic E-state index is 14.0. The van der Waals surface area contributed by atoms with Gasteiger partial charge >= 0.3 is 0 Å². The molecule has 134 valence electrons. The van der Waals surface area contributed by atoms with E-state index in [9.17, 15) is 9.65 Å². The summed E-state index contributed by atoms with van der Waals surface area (Å²) in [5.41, 5.74) is 5.62. The van der Waals surface area contributed by atoms with E-state index in [1.807, 2.05) is 24.3 Å². The molecule has 0 amide bonds. The fraction of sp³-hybridized carbons (Fsp3) is 0.217. The Kier molecular flexibility index (Phi) is 5.22. The molecule has 27 heavy (non-hydrogen) atoms. The van der Waals surface area contributed by atoms with Crippen molar-refractivity contribution < 1.29 is 4.39 Å². The minimum Gasteiger partial charge on any atom is -0.245 e. The Labute approximate surface area is 163 Å². The Bertz CT molecular complexity index is 1010. The van der Waals surface area contributed by atoms with Gasteiger partial charge < -0.3 is 0 Å². The van der Waals surface area contributed by atoms with Crippen LogP contribution < -0.4 is 0 Å². The second kappa shape index (κ2) is 7.94. The minimum atomic E-state index is -0.218. The van der Waals surface area contributed by atoms with Gasteiger partial charge in [0, 0.05) is 17.0 Å². The van der Waals surface area contributed by atoms with Gasteiger partial charge in [-0.05, 0) is 48.4 Å². The van der Waals surface area contributed by atoms with Crippen LogP contribution >= 0.6 is 11.8 Å². The number of fused-ring (bicyclic) bond motifs is 1. The lowest BCUT2D eigenvalue weighted by Crippen LogP contribution is -2.10. The van der Waals surface area contributed by atoms with Crippen molar-refractivity contribution in [1.82, 2.24) is 4.98 Å². The molecule has 0 fully saturated rings. The van der Waals surface area contributed by atoms with Crippen LogP contribution in [0.15, 0.2) is 59.6 Å². The van der Waals surface area contributed by atoms with Crippen LogP contribution in [-0.4, -0.2) is 4.98 Å². The molecule has 0 atom stereocenters. The largest absolute Gasteiger partial charge is 0.245 e. The van der Waals surface area contributed by atoms with Gasteiger partial charge in [0.25, 0.3) is 0 Å². The molecule has 0 saturated carbocycles. The second-order valence-corrected chi connectivity index (χ2v) is 7.62. The van der Waals surface area contributed by atoms with Gasteiger partial charge in [-0.15, -0.1) is 11.8 Å². The Balaban J connectivity index is 1.80. The van der Waals surface area contributed by atoms with Crippen molar-refractivity contribution >= 4 is 11.8 Å². The third kappa shape index (κ3) is 3.61. The van der Waals surface area contributed by atoms with Crippen LogP contribution in [0.1, 0.15) is 35.2 Å². The topological polar surface area (TPSA) is 36.7 Å². The van der Waals surface area contributed by atoms with Crippen LogP contribution in [0.3, 0.4) is 0 Å². The van der Waals surface area contributed by atoms with Crippen molar-refractivity contribution in [1.29, 1.82) is 5.26 Å². The highest BCUT2D eigenvalue weighted by Crippen LogP contribution is 2.38. The second-order valence-electron chi connectivity index (χ2n) is 6.66. The van der Waals surface area contributed by atoms with E-state index in [0.717, 1.165) is 42.5 Å². The predicted octanol–water partition coefficient (Wildman–Crippen LogP) is 5.93. The summed E-state index contributed by atoms with van der Waals surface area (Å²) in [4.78, 5) is 4.83. The molecule has 0 saturated heterocycles. The van der Waals surface area contributed by atoms with Crippen molar-refractivity contribution in [3.63, 3.8) is 0 Å². The number of nitriles is 1. The fourth-order valence-electron chi connectivity index (χ4n) is 3.61. The summed E-state index contributed by atoms with van der Waals surface area (Å²) in [5, 5.41) is 10.6. The number of nitrogens with zero attached hydrogens (tertiary/aromatic N) is 2. The van der Waals surface area contributed by atoms with Crippen LogP contribution in [-0.2, 0) is 18.6 Å². The minimum absolute atomic E-state index is 0.218. The van der Waals surface area contributed by atoms with Gasteiger partial charge in [-0.25, -0.2) is 9.37 Å². The van der Waals surface area contributed by atoms with Gasteiger partial charge in [0.1, 0.15) is 16.9 Å². The zero-order valence-corrected chi connectivity index (χ0v) is 15.7. The lowest BCUT2D eigenvalue weighted by Gasteiger charge is -2.22. The maximum Gasteiger partial charge on any atom is 0.127 e. The Morgan fingerprint density at radius 1 is 1.00 bits per heavy atom. The number of aryl methyl sites for hydroxylation is 1. The van der Waals surface area contributed by atoms with E-state index in [1.165, 1.54) is 23.4 Å². The van der Waals surface area contributed by atoms with Crippen LogP contribution in [0.5, 0.6) is 0 Å². The van der Waals surface area contributed by atoms with E-state index >= 15 is 0 Å². The third-order valence-corrected chi connectivity index (χ3v) is 5.96. The van der Waals surface area contributed by atoms with Gasteiger partial charge in [-0.1, -0.05) is 48.5 Å². The van der Waals surface area contributed by atoms with Gasteiger partial charge in [0.15, 0.2) is 0 Å². The lowest BCUT2D eigenvalue weighted by atomic mass is 9.87. The number of benzene rings is 2. The summed E-state index contributed by atoms with van der Waals surface area (Å²) >= 11 is 1.45. The molecule has 1 heterocycles. The molecule has 0 unspecified atom stereocenters. The first-order valence-corrected chi connectivity index (χ1v) is 10.1. The first-order valence-electron chi connectivity index (χ1n) is 9.15. The first-order chi connectivity index (χ1) is 13.3. The van der Waals surface area contributed by atoms with E-state index in [1.54, 1.807) is 12.1 Å². The van der Waals surface area contributed by atoms with E-state index in [4.69, 9.17) is 4.98 Å². The standard InChI is InChI=1S/C23H19FN2S/c24-20-12-6-4-10-17(20)15-27-23-19(14-25)22(16-8-2-1-3-9-16)18-11-5-7-13-21(18)26-23/h1-4,6,8-10,12H,5,7,11,13,15H2. The molecular formula is C23H19FN2S. The molecule has 0 aliphatic heterocycles. The van der Waals surface area contributed by atoms with Gasteiger partial charge in [-0.3, -0.25) is 0 Å². The molecule has 1 aliphatic carbocycles. The van der Waals surface area contributed by atoms with E-state index < -0.39 is 0 Å². The van der Waals surface area contributed by atoms with Gasteiger partial charge in [-0.2, -0.15) is 5.26 Å². The SMILES string of the molecule is N#Cc1c(SCc2ccccc2F)nc2c(c1-c1ccccc1)CCCC2. The molecule has 1 aliphatic rings. The highest BCUT2D eigenvalue weighted by Gasteiger charge is 2.23. The average molecular weight is 374 g/mol. The number of rotatable bonds is 4. The molecule has 4 heteroatoms. The van der Waals surface area contributed by atoms with E-state index in [-0.39, 0.29) is 5.82 Å². The summed E-state index contributed by atoms with van der Waals surface area (Å²) in [5.74, 6) is 0.242. The van der Waals surface area contributed by atoms with E-state index in [2.05, 4.69) is 18.2 Å². The molecule has 2 aromatic carbocycles. The van der Waals surface area contributed by atoms with Crippen molar-refractivity contribution in [2.45, 2.75) is 36.5 Å². The normalized spacial score (nSPS) is 13.0.